The van der Waals surface area contributed by atoms with Crippen molar-refractivity contribution in [2.45, 2.75) is 77.0 Å². The van der Waals surface area contributed by atoms with Gasteiger partial charge in [-0.25, -0.2) is 4.98 Å². The molecule has 1 aromatic rings. The van der Waals surface area contributed by atoms with Crippen LogP contribution >= 0.6 is 11.3 Å². The number of nitrogens with zero attached hydrogens (tertiary/aromatic N) is 1. The van der Waals surface area contributed by atoms with Gasteiger partial charge in [-0.05, 0) is 38.6 Å². The molecule has 0 saturated carbocycles. The van der Waals surface area contributed by atoms with Crippen LogP contribution in [0, 0.1) is 0 Å². The number of hydrogen-bond acceptors (Lipinski definition) is 4. The van der Waals surface area contributed by atoms with Crippen molar-refractivity contribution in [2.24, 2.45) is 0 Å². The van der Waals surface area contributed by atoms with Gasteiger partial charge in [0.25, 0.3) is 0 Å². The van der Waals surface area contributed by atoms with Crippen molar-refractivity contribution in [1.82, 2.24) is 10.3 Å². The molecule has 0 aliphatic carbocycles. The summed E-state index contributed by atoms with van der Waals surface area (Å²) < 4.78 is 6.00. The fourth-order valence-electron chi connectivity index (χ4n) is 3.41. The number of fused-ring (bicyclic) bond motifs is 2. The van der Waals surface area contributed by atoms with Crippen molar-refractivity contribution in [3.63, 3.8) is 0 Å². The first-order chi connectivity index (χ1) is 9.81. The van der Waals surface area contributed by atoms with E-state index >= 15 is 0 Å². The number of aromatic nitrogens is 1. The smallest absolute Gasteiger partial charge is 0.0989 e. The van der Waals surface area contributed by atoms with E-state index in [9.17, 15) is 0 Å². The average molecular weight is 294 g/mol. The minimum absolute atomic E-state index is 0.456. The highest BCUT2D eigenvalue weighted by Crippen LogP contribution is 2.45. The number of ether oxygens (including phenoxy) is 1. The lowest BCUT2D eigenvalue weighted by molar-refractivity contribution is 0.100. The van der Waals surface area contributed by atoms with Gasteiger partial charge in [0.05, 0.1) is 22.9 Å². The third-order valence-corrected chi connectivity index (χ3v) is 5.65. The molecule has 2 bridgehead atoms. The Labute approximate surface area is 126 Å². The molecule has 112 valence electrons. The van der Waals surface area contributed by atoms with E-state index in [-0.39, 0.29) is 0 Å². The third-order valence-electron chi connectivity index (χ3n) is 4.42. The van der Waals surface area contributed by atoms with Crippen LogP contribution in [-0.4, -0.2) is 23.7 Å². The quantitative estimate of drug-likeness (QED) is 0.780. The maximum atomic E-state index is 6.00. The van der Waals surface area contributed by atoms with Crippen molar-refractivity contribution in [1.29, 1.82) is 0 Å². The van der Waals surface area contributed by atoms with E-state index in [0.717, 1.165) is 19.5 Å². The zero-order chi connectivity index (χ0) is 13.9. The molecule has 2 aliphatic rings. The molecule has 3 atom stereocenters. The third kappa shape index (κ3) is 2.92. The second-order valence-corrected chi connectivity index (χ2v) is 7.18. The molecule has 0 aromatic carbocycles. The highest BCUT2D eigenvalue weighted by molar-refractivity contribution is 7.11. The van der Waals surface area contributed by atoms with Gasteiger partial charge in [0.15, 0.2) is 0 Å². The van der Waals surface area contributed by atoms with E-state index in [1.807, 2.05) is 11.3 Å². The first-order valence-corrected chi connectivity index (χ1v) is 8.98. The van der Waals surface area contributed by atoms with Gasteiger partial charge in [-0.1, -0.05) is 20.3 Å². The van der Waals surface area contributed by atoms with Crippen molar-refractivity contribution in [3.8, 4) is 0 Å². The predicted molar refractivity (Wildman–Crippen MR) is 83.4 cm³/mol. The van der Waals surface area contributed by atoms with Crippen molar-refractivity contribution < 1.29 is 4.74 Å². The van der Waals surface area contributed by atoms with E-state index in [1.54, 1.807) is 0 Å². The van der Waals surface area contributed by atoms with Gasteiger partial charge in [0.1, 0.15) is 0 Å². The van der Waals surface area contributed by atoms with Gasteiger partial charge in [-0.2, -0.15) is 0 Å². The Bertz CT molecular complexity index is 446. The number of hydrogen-bond donors (Lipinski definition) is 1. The van der Waals surface area contributed by atoms with Crippen molar-refractivity contribution in [3.05, 3.63) is 15.6 Å². The van der Waals surface area contributed by atoms with E-state index in [1.165, 1.54) is 47.7 Å². The van der Waals surface area contributed by atoms with Crippen LogP contribution in [0.1, 0.15) is 67.4 Å². The van der Waals surface area contributed by atoms with Crippen LogP contribution in [0.25, 0.3) is 0 Å². The fraction of sp³-hybridized carbons (Fsp3) is 0.812. The Morgan fingerprint density at radius 2 is 2.20 bits per heavy atom. The average Bonchev–Trinajstić information content (AvgIpc) is 3.14. The van der Waals surface area contributed by atoms with E-state index in [0.29, 0.717) is 18.1 Å². The molecule has 2 saturated heterocycles. The zero-order valence-corrected chi connectivity index (χ0v) is 13.5. The Morgan fingerprint density at radius 3 is 2.85 bits per heavy atom. The van der Waals surface area contributed by atoms with Crippen LogP contribution in [0.3, 0.4) is 0 Å². The normalized spacial score (nSPS) is 28.4. The van der Waals surface area contributed by atoms with Gasteiger partial charge < -0.3 is 10.1 Å². The molecule has 0 spiro atoms. The largest absolute Gasteiger partial charge is 0.374 e. The van der Waals surface area contributed by atoms with Crippen LogP contribution in [0.2, 0.25) is 0 Å². The van der Waals surface area contributed by atoms with Gasteiger partial charge in [-0.3, -0.25) is 0 Å². The standard InChI is InChI=1S/C16H26N2OS/c1-3-5-13-15(10-17-8-4-2)20-16(18-13)12-9-11-6-7-14(12)19-11/h11-12,14,17H,3-10H2,1-2H3. The maximum absolute atomic E-state index is 6.00. The SMILES string of the molecule is CCCNCc1sc(C2CC3CCC2O3)nc1CCC. The summed E-state index contributed by atoms with van der Waals surface area (Å²) in [5.41, 5.74) is 1.33. The fourth-order valence-corrected chi connectivity index (χ4v) is 4.66. The van der Waals surface area contributed by atoms with Gasteiger partial charge in [-0.15, -0.1) is 11.3 Å². The van der Waals surface area contributed by atoms with Gasteiger partial charge >= 0.3 is 0 Å². The summed E-state index contributed by atoms with van der Waals surface area (Å²) in [5, 5.41) is 4.87. The summed E-state index contributed by atoms with van der Waals surface area (Å²) in [7, 11) is 0. The minimum Gasteiger partial charge on any atom is -0.374 e. The molecular formula is C16H26N2OS. The summed E-state index contributed by atoms with van der Waals surface area (Å²) in [6.07, 6.45) is 8.15. The second-order valence-electron chi connectivity index (χ2n) is 6.06. The monoisotopic (exact) mass is 294 g/mol. The summed E-state index contributed by atoms with van der Waals surface area (Å²) in [6, 6.07) is 0. The molecule has 0 amide bonds. The summed E-state index contributed by atoms with van der Waals surface area (Å²) >= 11 is 1.93. The lowest BCUT2D eigenvalue weighted by atomic mass is 9.90. The van der Waals surface area contributed by atoms with E-state index < -0.39 is 0 Å². The predicted octanol–water partition coefficient (Wildman–Crippen LogP) is 3.63. The molecule has 0 radical (unpaired) electrons. The summed E-state index contributed by atoms with van der Waals surface area (Å²) in [4.78, 5) is 6.43. The Balaban J connectivity index is 1.72. The van der Waals surface area contributed by atoms with Gasteiger partial charge in [0.2, 0.25) is 0 Å². The molecule has 1 N–H and O–H groups in total. The molecular weight excluding hydrogens is 268 g/mol. The molecule has 3 heterocycles. The number of nitrogens with one attached hydrogen (secondary N) is 1. The molecule has 2 fully saturated rings. The Hall–Kier alpha value is -0.450. The van der Waals surface area contributed by atoms with Crippen molar-refractivity contribution in [2.75, 3.05) is 6.54 Å². The summed E-state index contributed by atoms with van der Waals surface area (Å²) in [5.74, 6) is 0.578. The van der Waals surface area contributed by atoms with Crippen LogP contribution in [-0.2, 0) is 17.7 Å². The lowest BCUT2D eigenvalue weighted by Crippen LogP contribution is -2.14. The van der Waals surface area contributed by atoms with Crippen molar-refractivity contribution >= 4 is 11.3 Å². The molecule has 3 rings (SSSR count). The number of thiazole rings is 1. The Morgan fingerprint density at radius 1 is 1.30 bits per heavy atom. The molecule has 3 nitrogen and oxygen atoms in total. The molecule has 4 heteroatoms. The van der Waals surface area contributed by atoms with E-state index in [4.69, 9.17) is 9.72 Å². The second kappa shape index (κ2) is 6.54. The molecule has 3 unspecified atom stereocenters. The van der Waals surface area contributed by atoms with Crippen LogP contribution in [0.4, 0.5) is 0 Å². The zero-order valence-electron chi connectivity index (χ0n) is 12.7. The van der Waals surface area contributed by atoms with E-state index in [2.05, 4.69) is 19.2 Å². The van der Waals surface area contributed by atoms with Gasteiger partial charge in [0, 0.05) is 17.3 Å². The Kier molecular flexibility index (Phi) is 4.74. The van der Waals surface area contributed by atoms with Crippen LogP contribution in [0.15, 0.2) is 0 Å². The topological polar surface area (TPSA) is 34.1 Å². The maximum Gasteiger partial charge on any atom is 0.0989 e. The number of rotatable bonds is 7. The first-order valence-electron chi connectivity index (χ1n) is 8.16. The lowest BCUT2D eigenvalue weighted by Gasteiger charge is -2.15. The van der Waals surface area contributed by atoms with Crippen LogP contribution < -0.4 is 5.32 Å². The number of aryl methyl sites for hydroxylation is 1. The highest BCUT2D eigenvalue weighted by atomic mass is 32.1. The molecule has 2 aliphatic heterocycles. The van der Waals surface area contributed by atoms with Crippen LogP contribution in [0.5, 0.6) is 0 Å². The minimum atomic E-state index is 0.456. The summed E-state index contributed by atoms with van der Waals surface area (Å²) in [6.45, 7) is 6.53. The molecule has 1 aromatic heterocycles. The highest BCUT2D eigenvalue weighted by Gasteiger charge is 2.43. The molecule has 20 heavy (non-hydrogen) atoms. The first kappa shape index (κ1) is 14.5.